The highest BCUT2D eigenvalue weighted by molar-refractivity contribution is 7.86. The lowest BCUT2D eigenvalue weighted by atomic mass is 10.1. The van der Waals surface area contributed by atoms with Crippen LogP contribution in [0.4, 0.5) is 0 Å². The molecule has 0 aromatic carbocycles. The van der Waals surface area contributed by atoms with Gasteiger partial charge in [-0.05, 0) is 13.3 Å². The van der Waals surface area contributed by atoms with Gasteiger partial charge in [-0.25, -0.2) is 0 Å². The van der Waals surface area contributed by atoms with Crippen molar-refractivity contribution in [3.05, 3.63) is 0 Å². The minimum atomic E-state index is -3.36. The molecule has 1 rings (SSSR count). The molecule has 3 atom stereocenters. The maximum absolute atomic E-state index is 11.4. The Morgan fingerprint density at radius 2 is 2.07 bits per heavy atom. The van der Waals surface area contributed by atoms with Gasteiger partial charge in [0.25, 0.3) is 10.1 Å². The highest BCUT2D eigenvalue weighted by Gasteiger charge is 2.35. The van der Waals surface area contributed by atoms with Crippen molar-refractivity contribution >= 4 is 10.1 Å². The zero-order valence-electron chi connectivity index (χ0n) is 8.89. The second-order valence-electron chi connectivity index (χ2n) is 3.84. The van der Waals surface area contributed by atoms with E-state index < -0.39 is 10.1 Å². The van der Waals surface area contributed by atoms with Crippen molar-refractivity contribution in [2.45, 2.75) is 39.4 Å². The van der Waals surface area contributed by atoms with Gasteiger partial charge in [0, 0.05) is 5.92 Å². The zero-order chi connectivity index (χ0) is 10.8. The van der Waals surface area contributed by atoms with E-state index in [2.05, 4.69) is 0 Å². The molecule has 1 aliphatic heterocycles. The Morgan fingerprint density at radius 3 is 2.50 bits per heavy atom. The van der Waals surface area contributed by atoms with Crippen LogP contribution in [0.2, 0.25) is 0 Å². The largest absolute Gasteiger partial charge is 0.375 e. The highest BCUT2D eigenvalue weighted by Crippen LogP contribution is 2.24. The molecule has 0 aliphatic carbocycles. The molecule has 0 amide bonds. The summed E-state index contributed by atoms with van der Waals surface area (Å²) in [5.41, 5.74) is 0. The first-order chi connectivity index (χ1) is 6.46. The molecule has 4 nitrogen and oxygen atoms in total. The van der Waals surface area contributed by atoms with Crippen molar-refractivity contribution in [3.63, 3.8) is 0 Å². The fraction of sp³-hybridized carbons (Fsp3) is 1.00. The third kappa shape index (κ3) is 2.93. The quantitative estimate of drug-likeness (QED) is 0.670. The van der Waals surface area contributed by atoms with E-state index in [-0.39, 0.29) is 23.9 Å². The summed E-state index contributed by atoms with van der Waals surface area (Å²) < 4.78 is 33.2. The van der Waals surface area contributed by atoms with E-state index >= 15 is 0 Å². The molecule has 84 valence electrons. The Hall–Kier alpha value is -0.130. The molecule has 0 N–H and O–H groups in total. The minimum absolute atomic E-state index is 0.0862. The minimum Gasteiger partial charge on any atom is -0.375 e. The third-order valence-corrected chi connectivity index (χ3v) is 3.78. The summed E-state index contributed by atoms with van der Waals surface area (Å²) >= 11 is 0. The summed E-state index contributed by atoms with van der Waals surface area (Å²) in [5.74, 6) is 0.236. The number of ether oxygens (including phenoxy) is 1. The summed E-state index contributed by atoms with van der Waals surface area (Å²) in [6, 6.07) is 0. The molecule has 1 saturated heterocycles. The summed E-state index contributed by atoms with van der Waals surface area (Å²) in [5, 5.41) is 0. The maximum Gasteiger partial charge on any atom is 0.267 e. The van der Waals surface area contributed by atoms with Crippen LogP contribution in [0, 0.1) is 5.92 Å². The van der Waals surface area contributed by atoms with Crippen LogP contribution in [-0.4, -0.2) is 33.0 Å². The molecule has 0 spiro atoms. The van der Waals surface area contributed by atoms with Crippen LogP contribution in [0.15, 0.2) is 0 Å². The molecule has 1 fully saturated rings. The second kappa shape index (κ2) is 4.59. The lowest BCUT2D eigenvalue weighted by molar-refractivity contribution is 0.0688. The lowest BCUT2D eigenvalue weighted by Gasteiger charge is -2.17. The van der Waals surface area contributed by atoms with E-state index in [1.807, 2.05) is 20.8 Å². The molecule has 3 unspecified atom stereocenters. The van der Waals surface area contributed by atoms with Crippen LogP contribution in [0.3, 0.4) is 0 Å². The van der Waals surface area contributed by atoms with Crippen LogP contribution in [0.25, 0.3) is 0 Å². The summed E-state index contributed by atoms with van der Waals surface area (Å²) in [6.45, 7) is 6.18. The van der Waals surface area contributed by atoms with Gasteiger partial charge < -0.3 is 4.74 Å². The van der Waals surface area contributed by atoms with Crippen molar-refractivity contribution in [1.29, 1.82) is 0 Å². The Balaban J connectivity index is 2.59. The van der Waals surface area contributed by atoms with Gasteiger partial charge in [0.05, 0.1) is 18.5 Å². The first kappa shape index (κ1) is 11.9. The van der Waals surface area contributed by atoms with E-state index in [1.54, 1.807) is 0 Å². The molecule has 0 aromatic heterocycles. The first-order valence-corrected chi connectivity index (χ1v) is 6.56. The van der Waals surface area contributed by atoms with Crippen LogP contribution in [-0.2, 0) is 19.0 Å². The van der Waals surface area contributed by atoms with Gasteiger partial charge >= 0.3 is 0 Å². The van der Waals surface area contributed by atoms with E-state index in [0.717, 1.165) is 0 Å². The SMILES string of the molecule is CCCS(=O)(=O)OC1C(C)COC1C. The Bertz CT molecular complexity index is 263. The topological polar surface area (TPSA) is 52.6 Å². The Morgan fingerprint density at radius 1 is 1.43 bits per heavy atom. The molecule has 1 aliphatic rings. The average Bonchev–Trinajstić information content (AvgIpc) is 2.35. The van der Waals surface area contributed by atoms with Gasteiger partial charge in [0.2, 0.25) is 0 Å². The van der Waals surface area contributed by atoms with Crippen LogP contribution < -0.4 is 0 Å². The Kier molecular flexibility index (Phi) is 3.92. The van der Waals surface area contributed by atoms with Gasteiger partial charge in [-0.3, -0.25) is 4.18 Å². The smallest absolute Gasteiger partial charge is 0.267 e. The van der Waals surface area contributed by atoms with Crippen molar-refractivity contribution in [2.24, 2.45) is 5.92 Å². The summed E-state index contributed by atoms with van der Waals surface area (Å²) in [4.78, 5) is 0. The molecule has 5 heteroatoms. The summed E-state index contributed by atoms with van der Waals surface area (Å²) in [7, 11) is -3.36. The monoisotopic (exact) mass is 222 g/mol. The van der Waals surface area contributed by atoms with Gasteiger partial charge in [0.15, 0.2) is 0 Å². The summed E-state index contributed by atoms with van der Waals surface area (Å²) in [6.07, 6.45) is 0.141. The molecule has 1 heterocycles. The first-order valence-electron chi connectivity index (χ1n) is 4.99. The molecule has 0 aromatic rings. The highest BCUT2D eigenvalue weighted by atomic mass is 32.2. The fourth-order valence-corrected chi connectivity index (χ4v) is 2.88. The number of hydrogen-bond donors (Lipinski definition) is 0. The van der Waals surface area contributed by atoms with Crippen molar-refractivity contribution in [3.8, 4) is 0 Å². The molecule has 14 heavy (non-hydrogen) atoms. The van der Waals surface area contributed by atoms with E-state index in [4.69, 9.17) is 8.92 Å². The second-order valence-corrected chi connectivity index (χ2v) is 5.55. The van der Waals surface area contributed by atoms with Crippen LogP contribution in [0.5, 0.6) is 0 Å². The Labute approximate surface area is 85.7 Å². The van der Waals surface area contributed by atoms with Crippen molar-refractivity contribution in [1.82, 2.24) is 0 Å². The predicted octanol–water partition coefficient (Wildman–Crippen LogP) is 1.17. The van der Waals surface area contributed by atoms with Gasteiger partial charge in [-0.15, -0.1) is 0 Å². The van der Waals surface area contributed by atoms with Gasteiger partial charge in [0.1, 0.15) is 6.10 Å². The van der Waals surface area contributed by atoms with Crippen molar-refractivity contribution < 1.29 is 17.3 Å². The average molecular weight is 222 g/mol. The standard InChI is InChI=1S/C9H18O4S/c1-4-5-14(10,11)13-9-7(2)6-12-8(9)3/h7-9H,4-6H2,1-3H3. The molecular formula is C9H18O4S. The van der Waals surface area contributed by atoms with E-state index in [1.165, 1.54) is 0 Å². The lowest BCUT2D eigenvalue weighted by Crippen LogP contribution is -2.30. The van der Waals surface area contributed by atoms with Gasteiger partial charge in [-0.1, -0.05) is 13.8 Å². The molecular weight excluding hydrogens is 204 g/mol. The number of rotatable bonds is 4. The van der Waals surface area contributed by atoms with Gasteiger partial charge in [-0.2, -0.15) is 8.42 Å². The van der Waals surface area contributed by atoms with Crippen molar-refractivity contribution in [2.75, 3.05) is 12.4 Å². The maximum atomic E-state index is 11.4. The molecule has 0 radical (unpaired) electrons. The molecule has 0 bridgehead atoms. The van der Waals surface area contributed by atoms with E-state index in [0.29, 0.717) is 13.0 Å². The zero-order valence-corrected chi connectivity index (χ0v) is 9.71. The number of hydrogen-bond acceptors (Lipinski definition) is 4. The normalized spacial score (nSPS) is 33.5. The molecule has 0 saturated carbocycles. The predicted molar refractivity (Wildman–Crippen MR) is 53.5 cm³/mol. The third-order valence-electron chi connectivity index (χ3n) is 2.36. The van der Waals surface area contributed by atoms with E-state index in [9.17, 15) is 8.42 Å². The van der Waals surface area contributed by atoms with Crippen LogP contribution in [0.1, 0.15) is 27.2 Å². The fourth-order valence-electron chi connectivity index (χ4n) is 1.60. The van der Waals surface area contributed by atoms with Crippen LogP contribution >= 0.6 is 0 Å².